The molecule has 29 heavy (non-hydrogen) atoms. The van der Waals surface area contributed by atoms with Crippen LogP contribution in [-0.2, 0) is 13.2 Å². The summed E-state index contributed by atoms with van der Waals surface area (Å²) in [6, 6.07) is 9.76. The Bertz CT molecular complexity index is 892. The highest BCUT2D eigenvalue weighted by Gasteiger charge is 2.21. The summed E-state index contributed by atoms with van der Waals surface area (Å²) in [5.41, 5.74) is 0. The third kappa shape index (κ3) is 5.82. The molecule has 8 heteroatoms. The maximum absolute atomic E-state index is 5.90. The van der Waals surface area contributed by atoms with Gasteiger partial charge in [-0.3, -0.25) is 0 Å². The van der Waals surface area contributed by atoms with Gasteiger partial charge in [0.1, 0.15) is 12.4 Å². The number of ether oxygens (including phenoxy) is 1. The van der Waals surface area contributed by atoms with Crippen molar-refractivity contribution in [3.63, 3.8) is 0 Å². The van der Waals surface area contributed by atoms with E-state index in [0.717, 1.165) is 35.5 Å². The number of aromatic nitrogens is 5. The van der Waals surface area contributed by atoms with Crippen molar-refractivity contribution in [2.75, 3.05) is 0 Å². The second-order valence-electron chi connectivity index (χ2n) is 7.74. The summed E-state index contributed by atoms with van der Waals surface area (Å²) in [7, 11) is 0. The molecular weight excluding hydrogens is 386 g/mol. The van der Waals surface area contributed by atoms with Gasteiger partial charge in [0.2, 0.25) is 5.89 Å². The second-order valence-corrected chi connectivity index (χ2v) is 9.05. The molecule has 1 unspecified atom stereocenters. The van der Waals surface area contributed by atoms with Crippen LogP contribution in [0.3, 0.4) is 0 Å². The zero-order valence-corrected chi connectivity index (χ0v) is 18.5. The van der Waals surface area contributed by atoms with E-state index in [4.69, 9.17) is 9.26 Å². The van der Waals surface area contributed by atoms with E-state index in [0.29, 0.717) is 18.4 Å². The van der Waals surface area contributed by atoms with E-state index in [1.54, 1.807) is 11.8 Å². The van der Waals surface area contributed by atoms with Crippen molar-refractivity contribution in [3.8, 4) is 5.75 Å². The van der Waals surface area contributed by atoms with E-state index in [-0.39, 0.29) is 11.2 Å². The summed E-state index contributed by atoms with van der Waals surface area (Å²) >= 11 is 1.58. The minimum Gasteiger partial charge on any atom is -0.486 e. The molecule has 0 amide bonds. The standard InChI is InChI=1S/C21H29N5O2S/c1-14(2)11-12-26-18(13-27-17-9-7-6-8-10-17)23-24-21(26)29-16(5)20-22-19(15(3)4)25-28-20/h6-10,14-16H,11-13H2,1-5H3. The Morgan fingerprint density at radius 2 is 1.83 bits per heavy atom. The Labute approximate surface area is 176 Å². The average Bonchev–Trinajstić information content (AvgIpc) is 3.33. The van der Waals surface area contributed by atoms with Crippen molar-refractivity contribution in [1.29, 1.82) is 0 Å². The number of benzene rings is 1. The van der Waals surface area contributed by atoms with Crippen LogP contribution in [0.2, 0.25) is 0 Å². The van der Waals surface area contributed by atoms with Gasteiger partial charge < -0.3 is 13.8 Å². The molecule has 0 aliphatic carbocycles. The maximum Gasteiger partial charge on any atom is 0.239 e. The van der Waals surface area contributed by atoms with Gasteiger partial charge in [0.15, 0.2) is 16.8 Å². The molecule has 0 N–H and O–H groups in total. The molecule has 7 nitrogen and oxygen atoms in total. The van der Waals surface area contributed by atoms with E-state index in [1.165, 1.54) is 0 Å². The predicted octanol–water partition coefficient (Wildman–Crippen LogP) is 5.26. The van der Waals surface area contributed by atoms with Gasteiger partial charge in [-0.05, 0) is 31.4 Å². The highest BCUT2D eigenvalue weighted by Crippen LogP contribution is 2.34. The zero-order chi connectivity index (χ0) is 20.8. The Hall–Kier alpha value is -2.35. The molecule has 0 spiro atoms. The molecule has 3 aromatic rings. The third-order valence-electron chi connectivity index (χ3n) is 4.44. The van der Waals surface area contributed by atoms with Crippen molar-refractivity contribution in [3.05, 3.63) is 47.9 Å². The quantitative estimate of drug-likeness (QED) is 0.418. The molecule has 1 aromatic carbocycles. The first-order chi connectivity index (χ1) is 13.9. The highest BCUT2D eigenvalue weighted by atomic mass is 32.2. The number of hydrogen-bond acceptors (Lipinski definition) is 7. The molecule has 2 aromatic heterocycles. The SMILES string of the molecule is CC(C)CCn1c(COc2ccccc2)nnc1SC(C)c1nc(C(C)C)no1. The summed E-state index contributed by atoms with van der Waals surface area (Å²) in [6.45, 7) is 11.8. The molecule has 156 valence electrons. The predicted molar refractivity (Wildman–Crippen MR) is 113 cm³/mol. The van der Waals surface area contributed by atoms with Gasteiger partial charge in [-0.1, -0.05) is 62.8 Å². The lowest BCUT2D eigenvalue weighted by Crippen LogP contribution is -2.10. The van der Waals surface area contributed by atoms with Crippen molar-refractivity contribution >= 4 is 11.8 Å². The Balaban J connectivity index is 1.74. The molecule has 2 heterocycles. The number of nitrogens with zero attached hydrogens (tertiary/aromatic N) is 5. The number of thioether (sulfide) groups is 1. The van der Waals surface area contributed by atoms with Crippen molar-refractivity contribution in [2.45, 2.75) is 70.5 Å². The van der Waals surface area contributed by atoms with Crippen LogP contribution in [0, 0.1) is 5.92 Å². The molecule has 0 radical (unpaired) electrons. The van der Waals surface area contributed by atoms with E-state index in [9.17, 15) is 0 Å². The zero-order valence-electron chi connectivity index (χ0n) is 17.7. The fourth-order valence-corrected chi connectivity index (χ4v) is 3.57. The van der Waals surface area contributed by atoms with E-state index < -0.39 is 0 Å². The Kier molecular flexibility index (Phi) is 7.30. The van der Waals surface area contributed by atoms with Crippen LogP contribution in [0.25, 0.3) is 0 Å². The normalized spacial score (nSPS) is 12.7. The number of rotatable bonds is 10. The monoisotopic (exact) mass is 415 g/mol. The summed E-state index contributed by atoms with van der Waals surface area (Å²) in [4.78, 5) is 4.51. The van der Waals surface area contributed by atoms with Crippen LogP contribution in [0.5, 0.6) is 5.75 Å². The van der Waals surface area contributed by atoms with Crippen LogP contribution in [0.15, 0.2) is 40.0 Å². The topological polar surface area (TPSA) is 78.9 Å². The Morgan fingerprint density at radius 1 is 1.07 bits per heavy atom. The summed E-state index contributed by atoms with van der Waals surface area (Å²) < 4.78 is 13.5. The van der Waals surface area contributed by atoms with Gasteiger partial charge in [-0.2, -0.15) is 4.98 Å². The van der Waals surface area contributed by atoms with Crippen LogP contribution >= 0.6 is 11.8 Å². The molecule has 1 atom stereocenters. The fraction of sp³-hybridized carbons (Fsp3) is 0.524. The first kappa shape index (κ1) is 21.4. The number of hydrogen-bond donors (Lipinski definition) is 0. The molecule has 0 bridgehead atoms. The summed E-state index contributed by atoms with van der Waals surface area (Å²) in [5.74, 6) is 3.80. The minimum atomic E-state index is -0.0140. The fourth-order valence-electron chi connectivity index (χ4n) is 2.64. The van der Waals surface area contributed by atoms with Crippen molar-refractivity contribution < 1.29 is 9.26 Å². The van der Waals surface area contributed by atoms with Crippen molar-refractivity contribution in [1.82, 2.24) is 24.9 Å². The van der Waals surface area contributed by atoms with Crippen LogP contribution < -0.4 is 4.74 Å². The van der Waals surface area contributed by atoms with E-state index in [1.807, 2.05) is 51.1 Å². The van der Waals surface area contributed by atoms with E-state index >= 15 is 0 Å². The lowest BCUT2D eigenvalue weighted by molar-refractivity contribution is 0.285. The molecule has 0 aliphatic rings. The summed E-state index contributed by atoms with van der Waals surface area (Å²) in [6.07, 6.45) is 1.04. The molecule has 0 saturated heterocycles. The van der Waals surface area contributed by atoms with Gasteiger partial charge in [0.25, 0.3) is 0 Å². The molecule has 3 rings (SSSR count). The average molecular weight is 416 g/mol. The minimum absolute atomic E-state index is 0.0140. The molecule has 0 saturated carbocycles. The van der Waals surface area contributed by atoms with Gasteiger partial charge in [0.05, 0.1) is 5.25 Å². The highest BCUT2D eigenvalue weighted by molar-refractivity contribution is 7.99. The molecule has 0 aliphatic heterocycles. The molecule has 0 fully saturated rings. The first-order valence-electron chi connectivity index (χ1n) is 10.0. The largest absolute Gasteiger partial charge is 0.486 e. The van der Waals surface area contributed by atoms with Crippen molar-refractivity contribution in [2.24, 2.45) is 5.92 Å². The third-order valence-corrected chi connectivity index (χ3v) is 5.51. The van der Waals surface area contributed by atoms with E-state index in [2.05, 4.69) is 38.8 Å². The van der Waals surface area contributed by atoms with Crippen LogP contribution in [-0.4, -0.2) is 24.9 Å². The summed E-state index contributed by atoms with van der Waals surface area (Å²) in [5, 5.41) is 13.7. The second kappa shape index (κ2) is 9.91. The van der Waals surface area contributed by atoms with Gasteiger partial charge in [-0.25, -0.2) is 0 Å². The van der Waals surface area contributed by atoms with Crippen LogP contribution in [0.4, 0.5) is 0 Å². The van der Waals surface area contributed by atoms with Gasteiger partial charge in [0, 0.05) is 12.5 Å². The molecular formula is C21H29N5O2S. The Morgan fingerprint density at radius 3 is 2.48 bits per heavy atom. The maximum atomic E-state index is 5.90. The smallest absolute Gasteiger partial charge is 0.239 e. The van der Waals surface area contributed by atoms with Gasteiger partial charge in [-0.15, -0.1) is 10.2 Å². The lowest BCUT2D eigenvalue weighted by atomic mass is 10.1. The van der Waals surface area contributed by atoms with Gasteiger partial charge >= 0.3 is 0 Å². The first-order valence-corrected chi connectivity index (χ1v) is 10.9. The van der Waals surface area contributed by atoms with Crippen LogP contribution in [0.1, 0.15) is 69.7 Å². The number of para-hydroxylation sites is 1. The lowest BCUT2D eigenvalue weighted by Gasteiger charge is -2.13.